The fourth-order valence-corrected chi connectivity index (χ4v) is 3.14. The molecule has 0 fully saturated rings. The van der Waals surface area contributed by atoms with Gasteiger partial charge < -0.3 is 15.3 Å². The summed E-state index contributed by atoms with van der Waals surface area (Å²) < 4.78 is 0. The van der Waals surface area contributed by atoms with Gasteiger partial charge in [-0.15, -0.1) is 17.3 Å². The Morgan fingerprint density at radius 2 is 0.717 bits per heavy atom. The van der Waals surface area contributed by atoms with Crippen LogP contribution in [0.1, 0.15) is 41.5 Å². The minimum atomic E-state index is -0.187. The molecule has 242 valence electrons. The monoisotopic (exact) mass is 800 g/mol. The second kappa shape index (κ2) is 26.4. The van der Waals surface area contributed by atoms with Gasteiger partial charge in [0.2, 0.25) is 0 Å². The van der Waals surface area contributed by atoms with Gasteiger partial charge in [0.15, 0.2) is 17.3 Å². The summed E-state index contributed by atoms with van der Waals surface area (Å²) in [6, 6.07) is 32.2. The van der Waals surface area contributed by atoms with Gasteiger partial charge in [0.1, 0.15) is 0 Å². The third-order valence-electron chi connectivity index (χ3n) is 4.69. The molecule has 0 unspecified atom stereocenters. The molecule has 2 heterocycles. The predicted molar refractivity (Wildman–Crippen MR) is 173 cm³/mol. The number of aromatic nitrogens is 2. The maximum Gasteiger partial charge on any atom is 3.00 e. The number of hydrogen-bond acceptors (Lipinski definition) is 8. The summed E-state index contributed by atoms with van der Waals surface area (Å²) in [5, 5.41) is 29.9. The van der Waals surface area contributed by atoms with E-state index >= 15 is 0 Å². The van der Waals surface area contributed by atoms with Crippen LogP contribution in [0, 0.1) is 0 Å². The van der Waals surface area contributed by atoms with Crippen molar-refractivity contribution in [2.24, 2.45) is 0 Å². The van der Waals surface area contributed by atoms with E-state index in [-0.39, 0.29) is 54.7 Å². The van der Waals surface area contributed by atoms with Crippen molar-refractivity contribution in [3.63, 3.8) is 0 Å². The molecule has 0 radical (unpaired) electrons. The molecule has 4 rings (SSSR count). The molecule has 0 spiro atoms. The van der Waals surface area contributed by atoms with Gasteiger partial charge in [0.25, 0.3) is 0 Å². The normalized spacial score (nSPS) is 10.3. The van der Waals surface area contributed by atoms with Crippen LogP contribution in [0.4, 0.5) is 0 Å². The van der Waals surface area contributed by atoms with Crippen LogP contribution in [0.3, 0.4) is 0 Å². The topological polar surface area (TPSA) is 146 Å². The maximum absolute atomic E-state index is 9.98. The van der Waals surface area contributed by atoms with Crippen LogP contribution in [0.5, 0.6) is 0 Å². The molecule has 46 heavy (non-hydrogen) atoms. The molecular weight excluding hydrogens is 761 g/mol. The van der Waals surface area contributed by atoms with Gasteiger partial charge in [-0.05, 0) is 63.3 Å². The first kappa shape index (κ1) is 43.1. The van der Waals surface area contributed by atoms with Crippen molar-refractivity contribution in [1.82, 2.24) is 9.97 Å². The molecule has 0 aliphatic rings. The Hall–Kier alpha value is -4.98. The third-order valence-corrected chi connectivity index (χ3v) is 4.69. The number of carbonyl (C=O) groups excluding carboxylic acids is 3. The molecule has 9 heteroatoms. The van der Waals surface area contributed by atoms with Gasteiger partial charge in [-0.25, -0.2) is 0 Å². The van der Waals surface area contributed by atoms with Crippen LogP contribution >= 0.6 is 0 Å². The number of nitrogens with zero attached hydrogens (tertiary/aromatic N) is 2. The van der Waals surface area contributed by atoms with E-state index in [1.807, 2.05) is 85.2 Å². The molecule has 0 bridgehead atoms. The van der Waals surface area contributed by atoms with Crippen LogP contribution < -0.4 is 15.3 Å². The largest absolute Gasteiger partial charge is 3.00 e. The number of rotatable bonds is 5. The summed E-state index contributed by atoms with van der Waals surface area (Å²) in [7, 11) is 0. The van der Waals surface area contributed by atoms with Crippen molar-refractivity contribution in [3.8, 4) is 22.5 Å². The Labute approximate surface area is 285 Å². The van der Waals surface area contributed by atoms with Gasteiger partial charge in [0.05, 0.1) is 11.4 Å². The minimum Gasteiger partial charge on any atom is -0.876 e. The molecule has 8 nitrogen and oxygen atoms in total. The number of ketones is 3. The van der Waals surface area contributed by atoms with Gasteiger partial charge in [-0.3, -0.25) is 24.4 Å². The molecule has 0 aliphatic carbocycles. The van der Waals surface area contributed by atoms with E-state index < -0.39 is 0 Å². The van der Waals surface area contributed by atoms with Crippen LogP contribution in [-0.2, 0) is 34.5 Å². The van der Waals surface area contributed by atoms with Crippen molar-refractivity contribution < 1.29 is 49.8 Å². The first-order valence-electron chi connectivity index (χ1n) is 13.8. The Kier molecular flexibility index (Phi) is 24.8. The van der Waals surface area contributed by atoms with Gasteiger partial charge >= 0.3 is 20.1 Å². The van der Waals surface area contributed by atoms with Crippen LogP contribution in [0.2, 0.25) is 0 Å². The number of allylic oxidation sites excluding steroid dienone is 6. The van der Waals surface area contributed by atoms with Crippen LogP contribution in [-0.4, -0.2) is 27.3 Å². The molecule has 0 amide bonds. The molecule has 0 atom stereocenters. The summed E-state index contributed by atoms with van der Waals surface area (Å²) in [6.45, 7) is 8.09. The number of pyridine rings is 2. The number of carbonyl (C=O) groups is 3. The van der Waals surface area contributed by atoms with E-state index in [9.17, 15) is 29.7 Å². The average Bonchev–Trinajstić information content (AvgIpc) is 2.98. The van der Waals surface area contributed by atoms with E-state index in [1.54, 1.807) is 0 Å². The number of hydrogen-bond donors (Lipinski definition) is 0. The summed E-state index contributed by atoms with van der Waals surface area (Å²) >= 11 is 0. The smallest absolute Gasteiger partial charge is 0.876 e. The van der Waals surface area contributed by atoms with Crippen molar-refractivity contribution in [2.45, 2.75) is 41.5 Å². The molecule has 0 N–H and O–H groups in total. The van der Waals surface area contributed by atoms with Crippen molar-refractivity contribution in [1.29, 1.82) is 0 Å². The molecule has 0 saturated heterocycles. The second-order valence-corrected chi connectivity index (χ2v) is 9.26. The second-order valence-electron chi connectivity index (χ2n) is 9.26. The summed E-state index contributed by atoms with van der Waals surface area (Å²) in [4.78, 5) is 38.4. The van der Waals surface area contributed by atoms with E-state index in [2.05, 4.69) is 34.2 Å². The molecule has 2 aromatic carbocycles. The zero-order valence-electron chi connectivity index (χ0n) is 26.8. The first-order valence-corrected chi connectivity index (χ1v) is 13.8. The van der Waals surface area contributed by atoms with E-state index in [0.29, 0.717) is 0 Å². The minimum absolute atomic E-state index is 0. The molecule has 2 aromatic heterocycles. The molecule has 0 saturated carbocycles. The third kappa shape index (κ3) is 25.5. The molecule has 0 aliphatic heterocycles. The fraction of sp³-hybridized carbons (Fsp3) is 0.162. The maximum atomic E-state index is 9.98. The SMILES string of the molecule is CC(=O)/C=C(/C)[O-].CC(=O)/C=C(/C)[O-].CC(=O)/C=C(/C)[O-].[Ir+3].c1ccc(-c2ccccn2)cc1.c1ccc(-c2ccccn2)cc1. The zero-order chi connectivity index (χ0) is 34.0. The quantitative estimate of drug-likeness (QED) is 0.202. The van der Waals surface area contributed by atoms with Crippen molar-refractivity contribution >= 4 is 17.3 Å². The summed E-state index contributed by atoms with van der Waals surface area (Å²) in [5.41, 5.74) is 4.38. The standard InChI is InChI=1S/2C11H9N.3C5H8O2.Ir/c2*1-2-6-10(7-3-1)11-8-4-5-9-12-11;3*1-4(6)3-5(2)7;/h2*1-9H;3*3,6H,1-2H3;/q;;;;;+3/p-3/b;;3*4-3-;. The Balaban J connectivity index is 0. The van der Waals surface area contributed by atoms with Crippen molar-refractivity contribution in [3.05, 3.63) is 145 Å². The van der Waals surface area contributed by atoms with E-state index in [1.165, 1.54) is 41.5 Å². The summed E-state index contributed by atoms with van der Waals surface area (Å²) in [6.07, 6.45) is 6.78. The summed E-state index contributed by atoms with van der Waals surface area (Å²) in [5.74, 6) is -1.12. The van der Waals surface area contributed by atoms with Crippen LogP contribution in [0.15, 0.2) is 145 Å². The number of benzene rings is 2. The van der Waals surface area contributed by atoms with E-state index in [0.717, 1.165) is 40.7 Å². The van der Waals surface area contributed by atoms with Gasteiger partial charge in [-0.2, -0.15) is 0 Å². The van der Waals surface area contributed by atoms with Gasteiger partial charge in [0, 0.05) is 23.5 Å². The van der Waals surface area contributed by atoms with Gasteiger partial charge in [-0.1, -0.05) is 93.6 Å². The zero-order valence-corrected chi connectivity index (χ0v) is 29.2. The Morgan fingerprint density at radius 3 is 0.891 bits per heavy atom. The molecular formula is C37H39IrN2O6. The Bertz CT molecular complexity index is 1280. The predicted octanol–water partition coefficient (Wildman–Crippen LogP) is 5.01. The Morgan fingerprint density at radius 1 is 0.457 bits per heavy atom. The fourth-order valence-electron chi connectivity index (χ4n) is 3.14. The van der Waals surface area contributed by atoms with E-state index in [4.69, 9.17) is 0 Å². The average molecular weight is 800 g/mol. The van der Waals surface area contributed by atoms with Crippen molar-refractivity contribution in [2.75, 3.05) is 0 Å². The van der Waals surface area contributed by atoms with Crippen LogP contribution in [0.25, 0.3) is 22.5 Å². The molecule has 4 aromatic rings. The first-order chi connectivity index (χ1) is 21.3.